The van der Waals surface area contributed by atoms with Gasteiger partial charge in [0.15, 0.2) is 0 Å². The van der Waals surface area contributed by atoms with Crippen molar-refractivity contribution in [3.8, 4) is 11.1 Å². The van der Waals surface area contributed by atoms with Gasteiger partial charge in [0, 0.05) is 23.0 Å². The van der Waals surface area contributed by atoms with Crippen molar-refractivity contribution in [3.05, 3.63) is 34.9 Å². The molecule has 4 nitrogen and oxygen atoms in total. The fourth-order valence-electron chi connectivity index (χ4n) is 1.50. The van der Waals surface area contributed by atoms with Gasteiger partial charge in [-0.25, -0.2) is 9.97 Å². The van der Waals surface area contributed by atoms with Crippen LogP contribution in [0.15, 0.2) is 18.3 Å². The maximum Gasteiger partial charge on any atom is 0.221 e. The maximum absolute atomic E-state index is 6.05. The molecule has 0 spiro atoms. The van der Waals surface area contributed by atoms with Crippen LogP contribution in [0.3, 0.4) is 0 Å². The first-order chi connectivity index (χ1) is 7.58. The highest BCUT2D eigenvalue weighted by Gasteiger charge is 2.10. The molecule has 0 fully saturated rings. The van der Waals surface area contributed by atoms with E-state index in [4.69, 9.17) is 17.3 Å². The summed E-state index contributed by atoms with van der Waals surface area (Å²) >= 11 is 6.05. The molecule has 82 valence electrons. The van der Waals surface area contributed by atoms with Crippen molar-refractivity contribution < 1.29 is 0 Å². The molecule has 2 aromatic rings. The van der Waals surface area contributed by atoms with Crippen LogP contribution < -0.4 is 5.73 Å². The molecule has 5 heteroatoms. The Bertz CT molecular complexity index is 499. The summed E-state index contributed by atoms with van der Waals surface area (Å²) in [6.45, 7) is 3.77. The van der Waals surface area contributed by atoms with Crippen LogP contribution in [0.5, 0.6) is 0 Å². The normalized spacial score (nSPS) is 10.4. The first-order valence-electron chi connectivity index (χ1n) is 4.80. The topological polar surface area (TPSA) is 64.7 Å². The molecule has 0 aliphatic rings. The lowest BCUT2D eigenvalue weighted by Gasteiger charge is -2.07. The summed E-state index contributed by atoms with van der Waals surface area (Å²) in [5.41, 5.74) is 8.89. The highest BCUT2D eigenvalue weighted by atomic mass is 35.5. The molecular formula is C11H11ClN4. The molecule has 0 unspecified atom stereocenters. The number of hydrogen-bond donors (Lipinski definition) is 1. The third-order valence-corrected chi connectivity index (χ3v) is 2.54. The van der Waals surface area contributed by atoms with E-state index in [1.54, 1.807) is 6.20 Å². The molecule has 0 saturated heterocycles. The van der Waals surface area contributed by atoms with Gasteiger partial charge < -0.3 is 5.73 Å². The predicted octanol–water partition coefficient (Wildman–Crippen LogP) is 2.39. The highest BCUT2D eigenvalue weighted by Crippen LogP contribution is 2.28. The molecule has 0 aliphatic carbocycles. The smallest absolute Gasteiger partial charge is 0.221 e. The van der Waals surface area contributed by atoms with Crippen LogP contribution in [0.25, 0.3) is 11.1 Å². The Morgan fingerprint density at radius 1 is 1.19 bits per heavy atom. The van der Waals surface area contributed by atoms with Gasteiger partial charge in [0.2, 0.25) is 5.95 Å². The standard InChI is InChI=1S/C11H11ClN4/c1-6-3-4-8(5-14-6)9-7(2)15-11(13)16-10(9)12/h3-5H,1-2H3,(H2,13,15,16). The van der Waals surface area contributed by atoms with E-state index in [0.29, 0.717) is 5.15 Å². The number of rotatable bonds is 1. The van der Waals surface area contributed by atoms with Gasteiger partial charge >= 0.3 is 0 Å². The molecule has 0 aromatic carbocycles. The van der Waals surface area contributed by atoms with Gasteiger partial charge in [-0.3, -0.25) is 4.98 Å². The van der Waals surface area contributed by atoms with Crippen molar-refractivity contribution in [2.75, 3.05) is 5.73 Å². The number of aromatic nitrogens is 3. The molecule has 2 rings (SSSR count). The van der Waals surface area contributed by atoms with Gasteiger partial charge in [-0.1, -0.05) is 17.7 Å². The lowest BCUT2D eigenvalue weighted by atomic mass is 10.1. The Hall–Kier alpha value is -1.68. The number of hydrogen-bond acceptors (Lipinski definition) is 4. The van der Waals surface area contributed by atoms with Crippen molar-refractivity contribution in [1.82, 2.24) is 15.0 Å². The van der Waals surface area contributed by atoms with E-state index in [1.807, 2.05) is 26.0 Å². The van der Waals surface area contributed by atoms with Gasteiger partial charge in [0.1, 0.15) is 5.15 Å². The highest BCUT2D eigenvalue weighted by molar-refractivity contribution is 6.32. The second-order valence-electron chi connectivity index (χ2n) is 3.52. The van der Waals surface area contributed by atoms with Gasteiger partial charge in [0.25, 0.3) is 0 Å². The Morgan fingerprint density at radius 3 is 2.50 bits per heavy atom. The zero-order valence-corrected chi connectivity index (χ0v) is 9.78. The van der Waals surface area contributed by atoms with Crippen molar-refractivity contribution in [3.63, 3.8) is 0 Å². The maximum atomic E-state index is 6.05. The molecule has 0 bridgehead atoms. The van der Waals surface area contributed by atoms with E-state index >= 15 is 0 Å². The van der Waals surface area contributed by atoms with Gasteiger partial charge in [-0.15, -0.1) is 0 Å². The molecule has 0 aliphatic heterocycles. The molecular weight excluding hydrogens is 224 g/mol. The molecule has 2 N–H and O–H groups in total. The number of nitrogen functional groups attached to an aromatic ring is 1. The Balaban J connectivity index is 2.60. The number of pyridine rings is 1. The van der Waals surface area contributed by atoms with E-state index in [-0.39, 0.29) is 5.95 Å². The van der Waals surface area contributed by atoms with Crippen LogP contribution >= 0.6 is 11.6 Å². The van der Waals surface area contributed by atoms with Crippen LogP contribution in [-0.2, 0) is 0 Å². The van der Waals surface area contributed by atoms with Crippen LogP contribution in [0, 0.1) is 13.8 Å². The minimum absolute atomic E-state index is 0.186. The zero-order chi connectivity index (χ0) is 11.7. The molecule has 2 heterocycles. The van der Waals surface area contributed by atoms with Crippen LogP contribution in [0.1, 0.15) is 11.4 Å². The van der Waals surface area contributed by atoms with Crippen LogP contribution in [0.2, 0.25) is 5.15 Å². The molecule has 2 aromatic heterocycles. The quantitative estimate of drug-likeness (QED) is 0.770. The fraction of sp³-hybridized carbons (Fsp3) is 0.182. The molecule has 16 heavy (non-hydrogen) atoms. The Morgan fingerprint density at radius 2 is 1.94 bits per heavy atom. The second-order valence-corrected chi connectivity index (χ2v) is 3.88. The number of aryl methyl sites for hydroxylation is 2. The summed E-state index contributed by atoms with van der Waals surface area (Å²) in [5.74, 6) is 0.186. The second kappa shape index (κ2) is 4.06. The average molecular weight is 235 g/mol. The van der Waals surface area contributed by atoms with Crippen molar-refractivity contribution >= 4 is 17.5 Å². The summed E-state index contributed by atoms with van der Waals surface area (Å²) in [4.78, 5) is 12.2. The first kappa shape index (κ1) is 10.8. The van der Waals surface area contributed by atoms with E-state index in [0.717, 1.165) is 22.5 Å². The Labute approximate surface area is 98.5 Å². The van der Waals surface area contributed by atoms with Crippen molar-refractivity contribution in [2.24, 2.45) is 0 Å². The molecule has 0 radical (unpaired) electrons. The summed E-state index contributed by atoms with van der Waals surface area (Å²) in [5, 5.41) is 0.357. The number of halogens is 1. The third-order valence-electron chi connectivity index (χ3n) is 2.26. The fourth-order valence-corrected chi connectivity index (χ4v) is 1.83. The monoisotopic (exact) mass is 234 g/mol. The Kier molecular flexibility index (Phi) is 2.75. The molecule has 0 atom stereocenters. The summed E-state index contributed by atoms with van der Waals surface area (Å²) in [7, 11) is 0. The average Bonchev–Trinajstić information content (AvgIpc) is 2.19. The largest absolute Gasteiger partial charge is 0.368 e. The predicted molar refractivity (Wildman–Crippen MR) is 64.2 cm³/mol. The minimum atomic E-state index is 0.186. The van der Waals surface area contributed by atoms with E-state index in [1.165, 1.54) is 0 Å². The number of nitrogens with zero attached hydrogens (tertiary/aromatic N) is 3. The van der Waals surface area contributed by atoms with Gasteiger partial charge in [-0.2, -0.15) is 0 Å². The lowest BCUT2D eigenvalue weighted by Crippen LogP contribution is -2.00. The number of nitrogens with two attached hydrogens (primary N) is 1. The van der Waals surface area contributed by atoms with Crippen LogP contribution in [-0.4, -0.2) is 15.0 Å². The summed E-state index contributed by atoms with van der Waals surface area (Å²) in [6, 6.07) is 3.86. The van der Waals surface area contributed by atoms with E-state index < -0.39 is 0 Å². The third kappa shape index (κ3) is 1.97. The van der Waals surface area contributed by atoms with Gasteiger partial charge in [0.05, 0.1) is 5.69 Å². The van der Waals surface area contributed by atoms with E-state index in [2.05, 4.69) is 15.0 Å². The van der Waals surface area contributed by atoms with Crippen molar-refractivity contribution in [1.29, 1.82) is 0 Å². The summed E-state index contributed by atoms with van der Waals surface area (Å²) in [6.07, 6.45) is 1.75. The summed E-state index contributed by atoms with van der Waals surface area (Å²) < 4.78 is 0. The minimum Gasteiger partial charge on any atom is -0.368 e. The molecule has 0 saturated carbocycles. The first-order valence-corrected chi connectivity index (χ1v) is 5.18. The SMILES string of the molecule is Cc1ccc(-c2c(C)nc(N)nc2Cl)cn1. The van der Waals surface area contributed by atoms with E-state index in [9.17, 15) is 0 Å². The van der Waals surface area contributed by atoms with Gasteiger partial charge in [-0.05, 0) is 19.9 Å². The lowest BCUT2D eigenvalue weighted by molar-refractivity contribution is 1.12. The van der Waals surface area contributed by atoms with Crippen LogP contribution in [0.4, 0.5) is 5.95 Å². The number of anilines is 1. The van der Waals surface area contributed by atoms with Crippen molar-refractivity contribution in [2.45, 2.75) is 13.8 Å². The molecule has 0 amide bonds. The zero-order valence-electron chi connectivity index (χ0n) is 9.03.